The van der Waals surface area contributed by atoms with Gasteiger partial charge in [0.1, 0.15) is 36.1 Å². The van der Waals surface area contributed by atoms with Crippen LogP contribution in [0.5, 0.6) is 5.75 Å². The van der Waals surface area contributed by atoms with Gasteiger partial charge in [-0.2, -0.15) is 0 Å². The average Bonchev–Trinajstić information content (AvgIpc) is 4.10. The molecule has 2 fully saturated rings. The number of hydrogen-bond donors (Lipinski definition) is 4. The minimum atomic E-state index is -0.724. The highest BCUT2D eigenvalue weighted by molar-refractivity contribution is 6.07. The number of rotatable bonds is 11. The third-order valence-electron chi connectivity index (χ3n) is 13.1. The molecule has 2 saturated heterocycles. The molecule has 4 N–H and O–H groups in total. The molecule has 0 radical (unpaired) electrons. The van der Waals surface area contributed by atoms with Gasteiger partial charge in [-0.1, -0.05) is 59.7 Å². The SMILES string of the molecule is CC[C@H]1CC[C@@H](c2ncc(-c3ccc4c(c3)COc3cc5c(ccc6[nH]c([C@@H]7CC[C@H](CC)N7C(=O)[C@@H](NC(=O)OC)C(C)C)nc65)cc3-4)[nH]2)N1C(=O)[C@@H](NC(=O)OC)C(C)C. The summed E-state index contributed by atoms with van der Waals surface area (Å²) >= 11 is 0. The summed E-state index contributed by atoms with van der Waals surface area (Å²) in [6.45, 7) is 12.2. The van der Waals surface area contributed by atoms with E-state index in [0.29, 0.717) is 6.61 Å². The Bertz CT molecular complexity index is 2510. The van der Waals surface area contributed by atoms with Crippen LogP contribution in [-0.4, -0.2) is 92.1 Å². The Morgan fingerprint density at radius 2 is 1.39 bits per heavy atom. The zero-order valence-corrected chi connectivity index (χ0v) is 36.8. The van der Waals surface area contributed by atoms with Crippen LogP contribution in [0.25, 0.3) is 44.2 Å². The summed E-state index contributed by atoms with van der Waals surface area (Å²) in [7, 11) is 2.60. The molecule has 0 saturated carbocycles. The third kappa shape index (κ3) is 7.70. The molecular formula is C47H58N8O7. The minimum absolute atomic E-state index is 0.0252. The Kier molecular flexibility index (Phi) is 11.9. The van der Waals surface area contributed by atoms with E-state index < -0.39 is 24.3 Å². The summed E-state index contributed by atoms with van der Waals surface area (Å²) < 4.78 is 16.1. The van der Waals surface area contributed by atoms with Gasteiger partial charge in [0, 0.05) is 23.0 Å². The molecule has 3 aromatic carbocycles. The molecule has 5 heterocycles. The number of hydrogen-bond acceptors (Lipinski definition) is 9. The van der Waals surface area contributed by atoms with Crippen molar-refractivity contribution in [3.63, 3.8) is 0 Å². The van der Waals surface area contributed by atoms with Crippen LogP contribution in [0.4, 0.5) is 9.59 Å². The number of aromatic amines is 2. The summed E-state index contributed by atoms with van der Waals surface area (Å²) in [4.78, 5) is 73.4. The Labute approximate surface area is 361 Å². The van der Waals surface area contributed by atoms with Crippen LogP contribution in [-0.2, 0) is 25.7 Å². The van der Waals surface area contributed by atoms with Crippen LogP contribution in [0, 0.1) is 11.8 Å². The van der Waals surface area contributed by atoms with E-state index in [4.69, 9.17) is 24.2 Å². The summed E-state index contributed by atoms with van der Waals surface area (Å²) in [5.41, 5.74) is 6.62. The van der Waals surface area contributed by atoms with Crippen molar-refractivity contribution in [2.24, 2.45) is 11.8 Å². The van der Waals surface area contributed by atoms with Crippen molar-refractivity contribution in [2.75, 3.05) is 14.2 Å². The lowest BCUT2D eigenvalue weighted by Gasteiger charge is -2.34. The van der Waals surface area contributed by atoms with Gasteiger partial charge in [0.2, 0.25) is 11.8 Å². The number of imidazole rings is 2. The molecule has 328 valence electrons. The molecule has 8 rings (SSSR count). The number of nitrogens with one attached hydrogen (secondary N) is 4. The smallest absolute Gasteiger partial charge is 0.407 e. The maximum absolute atomic E-state index is 14.1. The van der Waals surface area contributed by atoms with Gasteiger partial charge < -0.3 is 44.6 Å². The predicted molar refractivity (Wildman–Crippen MR) is 235 cm³/mol. The van der Waals surface area contributed by atoms with Gasteiger partial charge in [0.05, 0.1) is 49.2 Å². The van der Waals surface area contributed by atoms with E-state index in [-0.39, 0.29) is 47.8 Å². The van der Waals surface area contributed by atoms with E-state index in [0.717, 1.165) is 106 Å². The van der Waals surface area contributed by atoms with Gasteiger partial charge in [0.15, 0.2) is 0 Å². The van der Waals surface area contributed by atoms with Crippen LogP contribution in [0.2, 0.25) is 0 Å². The van der Waals surface area contributed by atoms with E-state index in [1.165, 1.54) is 14.2 Å². The molecule has 4 amide bonds. The lowest BCUT2D eigenvalue weighted by atomic mass is 9.92. The number of methoxy groups -OCH3 is 2. The highest BCUT2D eigenvalue weighted by atomic mass is 16.5. The van der Waals surface area contributed by atoms with Crippen molar-refractivity contribution in [3.8, 4) is 28.1 Å². The summed E-state index contributed by atoms with van der Waals surface area (Å²) in [6, 6.07) is 12.8. The molecule has 5 aromatic rings. The van der Waals surface area contributed by atoms with Crippen molar-refractivity contribution < 1.29 is 33.4 Å². The highest BCUT2D eigenvalue weighted by Crippen LogP contribution is 2.44. The number of ether oxygens (including phenoxy) is 3. The van der Waals surface area contributed by atoms with Gasteiger partial charge in [-0.3, -0.25) is 9.59 Å². The lowest BCUT2D eigenvalue weighted by molar-refractivity contribution is -0.138. The van der Waals surface area contributed by atoms with Crippen LogP contribution >= 0.6 is 0 Å². The van der Waals surface area contributed by atoms with Gasteiger partial charge in [-0.05, 0) is 96.7 Å². The van der Waals surface area contributed by atoms with E-state index in [9.17, 15) is 19.2 Å². The zero-order valence-electron chi connectivity index (χ0n) is 36.8. The van der Waals surface area contributed by atoms with Gasteiger partial charge in [-0.25, -0.2) is 19.6 Å². The lowest BCUT2D eigenvalue weighted by Crippen LogP contribution is -2.53. The zero-order chi connectivity index (χ0) is 44.0. The van der Waals surface area contributed by atoms with Crippen molar-refractivity contribution in [2.45, 2.75) is 123 Å². The Hall–Kier alpha value is -6.12. The summed E-state index contributed by atoms with van der Waals surface area (Å²) in [5, 5.41) is 7.48. The van der Waals surface area contributed by atoms with E-state index in [1.807, 2.05) is 49.8 Å². The molecule has 15 nitrogen and oxygen atoms in total. The molecule has 0 bridgehead atoms. The number of H-pyrrole nitrogens is 2. The standard InChI is InChI=1S/C47H58N8O7/c1-9-29-13-17-36(54(29)44(56)39(24(3)4)52-46(58)60-7)42-48-22-35(50-42)27-11-15-31-28(19-27)23-62-38-21-32-26(20-33(31)38)12-16-34-41(32)51-43(49-34)37-18-14-30(10-2)55(37)45(57)40(25(5)6)53-47(59)61-8/h11-12,15-16,19-22,24-25,29-30,36-37,39-40H,9-10,13-14,17-18,23H2,1-8H3,(H,48,50)(H,49,51)(H,52,58)(H,53,59)/t29-,30-,36-,37-,39-,40-/m0/s1. The fraction of sp³-hybridized carbons (Fsp3) is 0.489. The molecule has 0 spiro atoms. The largest absolute Gasteiger partial charge is 0.488 e. The van der Waals surface area contributed by atoms with Crippen LogP contribution in [0.1, 0.15) is 109 Å². The second-order valence-corrected chi connectivity index (χ2v) is 17.5. The van der Waals surface area contributed by atoms with Gasteiger partial charge in [-0.15, -0.1) is 0 Å². The Morgan fingerprint density at radius 3 is 1.97 bits per heavy atom. The quantitative estimate of drug-likeness (QED) is 0.102. The second-order valence-electron chi connectivity index (χ2n) is 17.5. The first-order valence-electron chi connectivity index (χ1n) is 22.0. The molecule has 3 aliphatic heterocycles. The molecular weight excluding hydrogens is 789 g/mol. The highest BCUT2D eigenvalue weighted by Gasteiger charge is 2.44. The maximum Gasteiger partial charge on any atom is 0.407 e. The number of amides is 4. The number of nitrogens with zero attached hydrogens (tertiary/aromatic N) is 4. The molecule has 6 atom stereocenters. The van der Waals surface area contributed by atoms with Crippen molar-refractivity contribution >= 4 is 45.8 Å². The molecule has 62 heavy (non-hydrogen) atoms. The Balaban J connectivity index is 1.05. The molecule has 0 unspecified atom stereocenters. The molecule has 15 heteroatoms. The number of carbonyl (C=O) groups excluding carboxylic acids is 4. The van der Waals surface area contributed by atoms with Gasteiger partial charge in [0.25, 0.3) is 0 Å². The number of aromatic nitrogens is 4. The minimum Gasteiger partial charge on any atom is -0.488 e. The number of carbonyl (C=O) groups is 4. The normalized spacial score (nSPS) is 20.5. The number of benzene rings is 3. The van der Waals surface area contributed by atoms with Crippen LogP contribution in [0.3, 0.4) is 0 Å². The van der Waals surface area contributed by atoms with Crippen molar-refractivity contribution in [1.29, 1.82) is 0 Å². The predicted octanol–water partition coefficient (Wildman–Crippen LogP) is 8.31. The van der Waals surface area contributed by atoms with E-state index in [1.54, 1.807) is 0 Å². The summed E-state index contributed by atoms with van der Waals surface area (Å²) in [6.07, 6.45) is 5.37. The number of likely N-dealkylation sites (tertiary alicyclic amines) is 2. The number of fused-ring (bicyclic) bond motifs is 6. The van der Waals surface area contributed by atoms with Crippen molar-refractivity contribution in [1.82, 2.24) is 40.4 Å². The molecule has 2 aromatic heterocycles. The summed E-state index contributed by atoms with van der Waals surface area (Å²) in [5.74, 6) is 1.69. The van der Waals surface area contributed by atoms with Gasteiger partial charge >= 0.3 is 12.2 Å². The van der Waals surface area contributed by atoms with Crippen LogP contribution in [0.15, 0.2) is 48.7 Å². The first-order valence-corrected chi connectivity index (χ1v) is 22.0. The second kappa shape index (κ2) is 17.3. The topological polar surface area (TPSA) is 184 Å². The van der Waals surface area contributed by atoms with E-state index >= 15 is 0 Å². The first kappa shape index (κ1) is 42.6. The first-order chi connectivity index (χ1) is 29.8. The monoisotopic (exact) mass is 846 g/mol. The van der Waals surface area contributed by atoms with Crippen molar-refractivity contribution in [3.05, 3.63) is 65.9 Å². The fourth-order valence-corrected chi connectivity index (χ4v) is 9.78. The third-order valence-corrected chi connectivity index (χ3v) is 13.1. The maximum atomic E-state index is 14.1. The molecule has 0 aliphatic carbocycles. The number of alkyl carbamates (subject to hydrolysis) is 2. The molecule has 3 aliphatic rings. The Morgan fingerprint density at radius 1 is 0.774 bits per heavy atom. The average molecular weight is 847 g/mol. The van der Waals surface area contributed by atoms with Crippen LogP contribution < -0.4 is 15.4 Å². The van der Waals surface area contributed by atoms with E-state index in [2.05, 4.69) is 70.8 Å². The fourth-order valence-electron chi connectivity index (χ4n) is 9.78.